The number of ether oxygens (including phenoxy) is 3. The summed E-state index contributed by atoms with van der Waals surface area (Å²) in [6, 6.07) is 5.25. The van der Waals surface area contributed by atoms with Gasteiger partial charge in [0, 0.05) is 19.7 Å². The average molecular weight is 282 g/mol. The van der Waals surface area contributed by atoms with Crippen molar-refractivity contribution in [3.63, 3.8) is 0 Å². The van der Waals surface area contributed by atoms with E-state index in [9.17, 15) is 4.79 Å². The van der Waals surface area contributed by atoms with Crippen LogP contribution in [0.3, 0.4) is 0 Å². The Morgan fingerprint density at radius 2 is 2.15 bits per heavy atom. The van der Waals surface area contributed by atoms with E-state index in [2.05, 4.69) is 5.32 Å². The Bertz CT molecular complexity index is 433. The molecule has 0 fully saturated rings. The number of benzene rings is 1. The maximum Gasteiger partial charge on any atom is 0.227 e. The first-order chi connectivity index (χ1) is 9.64. The molecule has 3 N–H and O–H groups in total. The SMILES string of the molecule is CCOc1ccc(OC)cc1NC(=O)CC(CN)OC. The molecule has 1 amide bonds. The highest BCUT2D eigenvalue weighted by Crippen LogP contribution is 2.29. The summed E-state index contributed by atoms with van der Waals surface area (Å²) < 4.78 is 15.7. The molecular weight excluding hydrogens is 260 g/mol. The first kappa shape index (κ1) is 16.3. The number of carbonyl (C=O) groups excluding carboxylic acids is 1. The number of carbonyl (C=O) groups is 1. The summed E-state index contributed by atoms with van der Waals surface area (Å²) in [6.07, 6.45) is -0.105. The molecule has 0 aliphatic carbocycles. The van der Waals surface area contributed by atoms with Crippen molar-refractivity contribution in [2.75, 3.05) is 32.7 Å². The number of methoxy groups -OCH3 is 2. The van der Waals surface area contributed by atoms with Crippen molar-refractivity contribution in [2.45, 2.75) is 19.4 Å². The molecule has 0 bridgehead atoms. The van der Waals surface area contributed by atoms with E-state index in [1.165, 1.54) is 7.11 Å². The Labute approximate surface area is 119 Å². The Hall–Kier alpha value is -1.79. The van der Waals surface area contributed by atoms with Gasteiger partial charge in [-0.1, -0.05) is 0 Å². The quantitative estimate of drug-likeness (QED) is 0.753. The maximum absolute atomic E-state index is 12.0. The van der Waals surface area contributed by atoms with Gasteiger partial charge in [0.2, 0.25) is 5.91 Å². The van der Waals surface area contributed by atoms with Crippen LogP contribution in [0.1, 0.15) is 13.3 Å². The van der Waals surface area contributed by atoms with E-state index in [0.717, 1.165) is 0 Å². The van der Waals surface area contributed by atoms with Crippen LogP contribution in [0.2, 0.25) is 0 Å². The van der Waals surface area contributed by atoms with Crippen LogP contribution in [0.5, 0.6) is 11.5 Å². The third-order valence-electron chi connectivity index (χ3n) is 2.77. The van der Waals surface area contributed by atoms with Gasteiger partial charge in [-0.2, -0.15) is 0 Å². The molecule has 1 unspecified atom stereocenters. The van der Waals surface area contributed by atoms with E-state index in [1.54, 1.807) is 25.3 Å². The van der Waals surface area contributed by atoms with Gasteiger partial charge in [-0.05, 0) is 19.1 Å². The van der Waals surface area contributed by atoms with Crippen LogP contribution in [0.25, 0.3) is 0 Å². The summed E-state index contributed by atoms with van der Waals surface area (Å²) in [5, 5.41) is 2.79. The minimum absolute atomic E-state index is 0.184. The molecule has 112 valence electrons. The predicted molar refractivity (Wildman–Crippen MR) is 77.3 cm³/mol. The van der Waals surface area contributed by atoms with Gasteiger partial charge in [0.25, 0.3) is 0 Å². The Morgan fingerprint density at radius 3 is 2.70 bits per heavy atom. The molecule has 1 atom stereocenters. The molecule has 0 saturated heterocycles. The fourth-order valence-electron chi connectivity index (χ4n) is 1.69. The van der Waals surface area contributed by atoms with Crippen molar-refractivity contribution < 1.29 is 19.0 Å². The summed E-state index contributed by atoms with van der Waals surface area (Å²) in [6.45, 7) is 2.68. The van der Waals surface area contributed by atoms with Crippen molar-refractivity contribution in [3.8, 4) is 11.5 Å². The van der Waals surface area contributed by atoms with Gasteiger partial charge in [-0.25, -0.2) is 0 Å². The largest absolute Gasteiger partial charge is 0.497 e. The van der Waals surface area contributed by atoms with Crippen molar-refractivity contribution in [1.29, 1.82) is 0 Å². The van der Waals surface area contributed by atoms with Gasteiger partial charge in [0.05, 0.1) is 31.9 Å². The average Bonchev–Trinajstić information content (AvgIpc) is 2.46. The van der Waals surface area contributed by atoms with Gasteiger partial charge < -0.3 is 25.3 Å². The molecule has 0 saturated carbocycles. The summed E-state index contributed by atoms with van der Waals surface area (Å²) >= 11 is 0. The molecule has 20 heavy (non-hydrogen) atoms. The van der Waals surface area contributed by atoms with Crippen molar-refractivity contribution in [3.05, 3.63) is 18.2 Å². The van der Waals surface area contributed by atoms with Crippen molar-refractivity contribution >= 4 is 11.6 Å². The Balaban J connectivity index is 2.80. The first-order valence-corrected chi connectivity index (χ1v) is 6.48. The van der Waals surface area contributed by atoms with Crippen LogP contribution in [-0.4, -0.2) is 39.4 Å². The van der Waals surface area contributed by atoms with Gasteiger partial charge in [0.15, 0.2) is 0 Å². The van der Waals surface area contributed by atoms with E-state index in [1.807, 2.05) is 6.92 Å². The molecule has 0 aliphatic rings. The zero-order valence-electron chi connectivity index (χ0n) is 12.1. The van der Waals surface area contributed by atoms with Crippen LogP contribution in [-0.2, 0) is 9.53 Å². The summed E-state index contributed by atoms with van der Waals surface area (Å²) in [5.74, 6) is 1.06. The van der Waals surface area contributed by atoms with E-state index >= 15 is 0 Å². The van der Waals surface area contributed by atoms with E-state index in [4.69, 9.17) is 19.9 Å². The molecular formula is C14H22N2O4. The summed E-state index contributed by atoms with van der Waals surface area (Å²) in [7, 11) is 3.10. The van der Waals surface area contributed by atoms with Crippen molar-refractivity contribution in [1.82, 2.24) is 0 Å². The zero-order chi connectivity index (χ0) is 15.0. The summed E-state index contributed by atoms with van der Waals surface area (Å²) in [4.78, 5) is 12.0. The van der Waals surface area contributed by atoms with E-state index in [0.29, 0.717) is 30.3 Å². The lowest BCUT2D eigenvalue weighted by Crippen LogP contribution is -2.28. The third-order valence-corrected chi connectivity index (χ3v) is 2.77. The number of anilines is 1. The highest BCUT2D eigenvalue weighted by atomic mass is 16.5. The van der Waals surface area contributed by atoms with Gasteiger partial charge in [-0.3, -0.25) is 4.79 Å². The lowest BCUT2D eigenvalue weighted by atomic mass is 10.2. The van der Waals surface area contributed by atoms with Gasteiger partial charge in [0.1, 0.15) is 11.5 Å². The Kier molecular flexibility index (Phi) is 6.83. The summed E-state index contributed by atoms with van der Waals surface area (Å²) in [5.41, 5.74) is 6.07. The second kappa shape index (κ2) is 8.39. The van der Waals surface area contributed by atoms with Crippen LogP contribution in [0.15, 0.2) is 18.2 Å². The number of rotatable bonds is 8. The standard InChI is InChI=1S/C14H22N2O4/c1-4-20-13-6-5-10(18-2)7-12(13)16-14(17)8-11(9-15)19-3/h5-7,11H,4,8-9,15H2,1-3H3,(H,16,17). The topological polar surface area (TPSA) is 82.8 Å². The number of nitrogens with two attached hydrogens (primary N) is 1. The van der Waals surface area contributed by atoms with Gasteiger partial charge >= 0.3 is 0 Å². The highest BCUT2D eigenvalue weighted by molar-refractivity contribution is 5.92. The molecule has 1 aromatic carbocycles. The second-order valence-electron chi connectivity index (χ2n) is 4.14. The minimum Gasteiger partial charge on any atom is -0.497 e. The van der Waals surface area contributed by atoms with Crippen LogP contribution >= 0.6 is 0 Å². The number of amides is 1. The fraction of sp³-hybridized carbons (Fsp3) is 0.500. The number of nitrogens with one attached hydrogen (secondary N) is 1. The molecule has 1 rings (SSSR count). The molecule has 0 radical (unpaired) electrons. The lowest BCUT2D eigenvalue weighted by molar-refractivity contribution is -0.118. The highest BCUT2D eigenvalue weighted by Gasteiger charge is 2.14. The van der Waals surface area contributed by atoms with Crippen LogP contribution in [0, 0.1) is 0 Å². The molecule has 0 aliphatic heterocycles. The minimum atomic E-state index is -0.295. The first-order valence-electron chi connectivity index (χ1n) is 6.48. The zero-order valence-corrected chi connectivity index (χ0v) is 12.1. The molecule has 1 aromatic rings. The fourth-order valence-corrected chi connectivity index (χ4v) is 1.69. The predicted octanol–water partition coefficient (Wildman–Crippen LogP) is 1.40. The van der Waals surface area contributed by atoms with E-state index < -0.39 is 0 Å². The monoisotopic (exact) mass is 282 g/mol. The molecule has 6 nitrogen and oxygen atoms in total. The number of hydrogen-bond acceptors (Lipinski definition) is 5. The third kappa shape index (κ3) is 4.71. The molecule has 0 spiro atoms. The van der Waals surface area contributed by atoms with Crippen LogP contribution < -0.4 is 20.5 Å². The van der Waals surface area contributed by atoms with Crippen LogP contribution in [0.4, 0.5) is 5.69 Å². The Morgan fingerprint density at radius 1 is 1.40 bits per heavy atom. The maximum atomic E-state index is 12.0. The smallest absolute Gasteiger partial charge is 0.227 e. The molecule has 0 aromatic heterocycles. The lowest BCUT2D eigenvalue weighted by Gasteiger charge is -2.15. The molecule has 0 heterocycles. The second-order valence-corrected chi connectivity index (χ2v) is 4.14. The van der Waals surface area contributed by atoms with E-state index in [-0.39, 0.29) is 18.4 Å². The van der Waals surface area contributed by atoms with Gasteiger partial charge in [-0.15, -0.1) is 0 Å². The molecule has 6 heteroatoms. The number of hydrogen-bond donors (Lipinski definition) is 2. The normalized spacial score (nSPS) is 11.8. The van der Waals surface area contributed by atoms with Crippen molar-refractivity contribution in [2.24, 2.45) is 5.73 Å².